The minimum Gasteiger partial charge on any atom is -0.464 e. The Morgan fingerprint density at radius 3 is 2.38 bits per heavy atom. The molecule has 2 amide bonds. The lowest BCUT2D eigenvalue weighted by atomic mass is 10.1. The summed E-state index contributed by atoms with van der Waals surface area (Å²) >= 11 is 6.43. The Hall–Kier alpha value is -3.92. The van der Waals surface area contributed by atoms with Crippen LogP contribution in [0.15, 0.2) is 57.4 Å². The van der Waals surface area contributed by atoms with Crippen LogP contribution in [-0.4, -0.2) is 42.5 Å². The van der Waals surface area contributed by atoms with Crippen LogP contribution in [0.4, 0.5) is 0 Å². The third-order valence-electron chi connectivity index (χ3n) is 5.40. The number of nitrogens with zero attached hydrogens (tertiary/aromatic N) is 5. The molecule has 1 N–H and O–H groups in total. The molecule has 4 rings (SSSR count). The number of amides is 2. The normalized spacial score (nSPS) is 12.4. The van der Waals surface area contributed by atoms with Crippen molar-refractivity contribution >= 4 is 23.4 Å². The molecule has 194 valence electrons. The molecule has 0 aliphatic rings. The van der Waals surface area contributed by atoms with Crippen LogP contribution in [0.2, 0.25) is 5.02 Å². The third-order valence-corrected chi connectivity index (χ3v) is 5.77. The fourth-order valence-corrected chi connectivity index (χ4v) is 3.97. The summed E-state index contributed by atoms with van der Waals surface area (Å²) < 4.78 is 11.4. The molecule has 3 aromatic heterocycles. The van der Waals surface area contributed by atoms with Crippen molar-refractivity contribution < 1.29 is 18.4 Å². The van der Waals surface area contributed by atoms with Crippen LogP contribution in [0.5, 0.6) is 0 Å². The number of benzene rings is 1. The van der Waals surface area contributed by atoms with Crippen LogP contribution >= 0.6 is 11.6 Å². The van der Waals surface area contributed by atoms with Gasteiger partial charge in [-0.2, -0.15) is 4.80 Å². The van der Waals surface area contributed by atoms with E-state index in [-0.39, 0.29) is 24.8 Å². The van der Waals surface area contributed by atoms with E-state index in [0.717, 1.165) is 0 Å². The molecule has 0 aliphatic carbocycles. The summed E-state index contributed by atoms with van der Waals surface area (Å²) in [6, 6.07) is 13.1. The molecule has 0 radical (unpaired) electrons. The van der Waals surface area contributed by atoms with E-state index in [1.54, 1.807) is 49.4 Å². The molecule has 1 atom stereocenters. The van der Waals surface area contributed by atoms with Gasteiger partial charge in [0.1, 0.15) is 23.8 Å². The van der Waals surface area contributed by atoms with E-state index in [0.29, 0.717) is 33.6 Å². The molecule has 3 heterocycles. The number of aromatic nitrogens is 4. The van der Waals surface area contributed by atoms with Crippen molar-refractivity contribution in [1.82, 2.24) is 30.4 Å². The van der Waals surface area contributed by atoms with Crippen molar-refractivity contribution in [3.8, 4) is 11.6 Å². The lowest BCUT2D eigenvalue weighted by Gasteiger charge is -2.32. The number of carbonyl (C=O) groups is 2. The van der Waals surface area contributed by atoms with Crippen LogP contribution in [0, 0.1) is 13.8 Å². The van der Waals surface area contributed by atoms with Gasteiger partial charge in [0.25, 0.3) is 5.91 Å². The largest absolute Gasteiger partial charge is 0.464 e. The van der Waals surface area contributed by atoms with Crippen molar-refractivity contribution in [3.63, 3.8) is 0 Å². The third kappa shape index (κ3) is 6.45. The van der Waals surface area contributed by atoms with Gasteiger partial charge in [0.05, 0.1) is 0 Å². The summed E-state index contributed by atoms with van der Waals surface area (Å²) in [6.07, 6.45) is 0. The molecule has 37 heavy (non-hydrogen) atoms. The van der Waals surface area contributed by atoms with Gasteiger partial charge in [-0.3, -0.25) is 9.59 Å². The number of aryl methyl sites for hydroxylation is 2. The average Bonchev–Trinajstić information content (AvgIpc) is 3.55. The molecular weight excluding hydrogens is 496 g/mol. The number of halogens is 1. The predicted octanol–water partition coefficient (Wildman–Crippen LogP) is 4.48. The SMILES string of the molecule is Cc1ccc(-c2nnn(CC(=O)N(Cc3ccccc3Cl)C(C(=O)NC(C)(C)C)c3ccc(C)o3)n2)o1. The maximum Gasteiger partial charge on any atom is 0.251 e. The molecule has 1 unspecified atom stereocenters. The highest BCUT2D eigenvalue weighted by molar-refractivity contribution is 6.31. The van der Waals surface area contributed by atoms with Gasteiger partial charge in [0, 0.05) is 17.1 Å². The van der Waals surface area contributed by atoms with Gasteiger partial charge < -0.3 is 19.1 Å². The van der Waals surface area contributed by atoms with Gasteiger partial charge >= 0.3 is 0 Å². The first-order valence-corrected chi connectivity index (χ1v) is 12.1. The molecule has 0 aliphatic heterocycles. The minimum atomic E-state index is -1.06. The molecule has 0 saturated heterocycles. The average molecular weight is 525 g/mol. The standard InChI is InChI=1S/C26H29ClN6O4/c1-16-10-12-20(36-16)23(25(35)28-26(3,4)5)32(14-18-8-6-7-9-19(18)27)22(34)15-33-30-24(29-31-33)21-13-11-17(2)37-21/h6-13,23H,14-15H2,1-5H3,(H,28,35). The van der Waals surface area contributed by atoms with Crippen LogP contribution in [0.3, 0.4) is 0 Å². The molecule has 11 heteroatoms. The Bertz CT molecular complexity index is 1400. The Morgan fingerprint density at radius 1 is 1.05 bits per heavy atom. The van der Waals surface area contributed by atoms with Gasteiger partial charge in [-0.15, -0.1) is 10.2 Å². The number of rotatable bonds is 8. The molecule has 0 bridgehead atoms. The molecule has 10 nitrogen and oxygen atoms in total. The lowest BCUT2D eigenvalue weighted by Crippen LogP contribution is -2.49. The maximum absolute atomic E-state index is 13.8. The van der Waals surface area contributed by atoms with E-state index in [1.807, 2.05) is 33.8 Å². The first-order chi connectivity index (χ1) is 17.5. The van der Waals surface area contributed by atoms with Crippen molar-refractivity contribution in [3.05, 3.63) is 76.4 Å². The number of nitrogens with one attached hydrogen (secondary N) is 1. The summed E-state index contributed by atoms with van der Waals surface area (Å²) in [5, 5.41) is 15.7. The minimum absolute atomic E-state index is 0.0550. The van der Waals surface area contributed by atoms with Crippen molar-refractivity contribution in [2.45, 2.75) is 59.3 Å². The summed E-state index contributed by atoms with van der Waals surface area (Å²) in [5.41, 5.74) is 0.132. The molecule has 0 saturated carbocycles. The fourth-order valence-electron chi connectivity index (χ4n) is 3.77. The smallest absolute Gasteiger partial charge is 0.251 e. The lowest BCUT2D eigenvalue weighted by molar-refractivity contribution is -0.143. The summed E-state index contributed by atoms with van der Waals surface area (Å²) in [7, 11) is 0. The molecule has 4 aromatic rings. The zero-order chi connectivity index (χ0) is 26.7. The van der Waals surface area contributed by atoms with E-state index in [9.17, 15) is 9.59 Å². The highest BCUT2D eigenvalue weighted by atomic mass is 35.5. The summed E-state index contributed by atoms with van der Waals surface area (Å²) in [5.74, 6) is 1.53. The van der Waals surface area contributed by atoms with E-state index in [1.165, 1.54) is 9.70 Å². The second-order valence-electron chi connectivity index (χ2n) is 9.76. The van der Waals surface area contributed by atoms with E-state index in [2.05, 4.69) is 20.7 Å². The number of hydrogen-bond donors (Lipinski definition) is 1. The van der Waals surface area contributed by atoms with Crippen molar-refractivity contribution in [1.29, 1.82) is 0 Å². The monoisotopic (exact) mass is 524 g/mol. The first-order valence-electron chi connectivity index (χ1n) is 11.8. The quantitative estimate of drug-likeness (QED) is 0.361. The van der Waals surface area contributed by atoms with Crippen molar-refractivity contribution in [2.24, 2.45) is 0 Å². The fraction of sp³-hybridized carbons (Fsp3) is 0.346. The van der Waals surface area contributed by atoms with Gasteiger partial charge in [-0.05, 0) is 75.7 Å². The van der Waals surface area contributed by atoms with Crippen LogP contribution in [0.1, 0.15) is 49.7 Å². The van der Waals surface area contributed by atoms with Crippen LogP contribution < -0.4 is 5.32 Å². The van der Waals surface area contributed by atoms with Gasteiger partial charge in [-0.1, -0.05) is 29.8 Å². The highest BCUT2D eigenvalue weighted by Crippen LogP contribution is 2.28. The Morgan fingerprint density at radius 2 is 1.76 bits per heavy atom. The van der Waals surface area contributed by atoms with E-state index in [4.69, 9.17) is 20.4 Å². The first kappa shape index (κ1) is 26.2. The topological polar surface area (TPSA) is 119 Å². The van der Waals surface area contributed by atoms with E-state index < -0.39 is 17.5 Å². The number of carbonyl (C=O) groups excluding carboxylic acids is 2. The number of hydrogen-bond acceptors (Lipinski definition) is 7. The number of tetrazole rings is 1. The predicted molar refractivity (Wildman–Crippen MR) is 136 cm³/mol. The van der Waals surface area contributed by atoms with Gasteiger partial charge in [0.2, 0.25) is 11.7 Å². The zero-order valence-corrected chi connectivity index (χ0v) is 22.1. The molecule has 0 spiro atoms. The Labute approximate surface area is 219 Å². The van der Waals surface area contributed by atoms with Gasteiger partial charge in [0.15, 0.2) is 11.8 Å². The summed E-state index contributed by atoms with van der Waals surface area (Å²) in [6.45, 7) is 8.98. The van der Waals surface area contributed by atoms with Gasteiger partial charge in [-0.25, -0.2) is 0 Å². The van der Waals surface area contributed by atoms with Crippen molar-refractivity contribution in [2.75, 3.05) is 0 Å². The zero-order valence-electron chi connectivity index (χ0n) is 21.4. The number of furan rings is 2. The second kappa shape index (κ2) is 10.6. The Kier molecular flexibility index (Phi) is 7.49. The highest BCUT2D eigenvalue weighted by Gasteiger charge is 2.36. The van der Waals surface area contributed by atoms with Crippen LogP contribution in [0.25, 0.3) is 11.6 Å². The maximum atomic E-state index is 13.8. The Balaban J connectivity index is 1.70. The van der Waals surface area contributed by atoms with Crippen LogP contribution in [-0.2, 0) is 22.7 Å². The second-order valence-corrected chi connectivity index (χ2v) is 10.2. The molecular formula is C26H29ClN6O4. The van der Waals surface area contributed by atoms with E-state index >= 15 is 0 Å². The summed E-state index contributed by atoms with van der Waals surface area (Å²) in [4.78, 5) is 29.9. The molecule has 1 aromatic carbocycles. The molecule has 0 fully saturated rings.